The van der Waals surface area contributed by atoms with E-state index in [0.29, 0.717) is 0 Å². The Bertz CT molecular complexity index is 258. The van der Waals surface area contributed by atoms with Gasteiger partial charge in [-0.1, -0.05) is 18.2 Å². The molecule has 0 unspecified atom stereocenters. The van der Waals surface area contributed by atoms with Crippen LogP contribution in [0.15, 0.2) is 24.3 Å². The Kier molecular flexibility index (Phi) is 2.31. The van der Waals surface area contributed by atoms with E-state index < -0.39 is 6.43 Å². The van der Waals surface area contributed by atoms with E-state index in [0.717, 1.165) is 6.07 Å². The number of halogens is 2. The Morgan fingerprint density at radius 2 is 2.09 bits per heavy atom. The van der Waals surface area contributed by atoms with Gasteiger partial charge in [0, 0.05) is 11.1 Å². The molecule has 0 aliphatic heterocycles. The summed E-state index contributed by atoms with van der Waals surface area (Å²) >= 11 is 0. The van der Waals surface area contributed by atoms with Crippen LogP contribution in [0.4, 0.5) is 8.78 Å². The average Bonchev–Trinajstić information content (AvgIpc) is 2.05. The molecule has 1 aromatic rings. The molecule has 0 aromatic heterocycles. The Labute approximate surface area is 62.7 Å². The summed E-state index contributed by atoms with van der Waals surface area (Å²) in [5.74, 6) is 0. The lowest BCUT2D eigenvalue weighted by Crippen LogP contribution is -1.86. The van der Waals surface area contributed by atoms with Gasteiger partial charge in [0.2, 0.25) is 6.29 Å². The average molecular weight is 155 g/mol. The van der Waals surface area contributed by atoms with E-state index in [9.17, 15) is 13.6 Å². The van der Waals surface area contributed by atoms with Crippen LogP contribution >= 0.6 is 0 Å². The zero-order chi connectivity index (χ0) is 8.27. The van der Waals surface area contributed by atoms with Crippen molar-refractivity contribution in [3.8, 4) is 0 Å². The van der Waals surface area contributed by atoms with E-state index >= 15 is 0 Å². The maximum absolute atomic E-state index is 12.0. The van der Waals surface area contributed by atoms with Gasteiger partial charge in [0.05, 0.1) is 0 Å². The molecule has 0 spiro atoms. The van der Waals surface area contributed by atoms with Crippen LogP contribution in [0.3, 0.4) is 0 Å². The molecule has 1 rings (SSSR count). The van der Waals surface area contributed by atoms with Crippen LogP contribution in [0.2, 0.25) is 0 Å². The van der Waals surface area contributed by atoms with Crippen molar-refractivity contribution in [3.63, 3.8) is 0 Å². The van der Waals surface area contributed by atoms with Gasteiger partial charge in [-0.15, -0.1) is 0 Å². The molecule has 0 fully saturated rings. The summed E-state index contributed by atoms with van der Waals surface area (Å²) in [7, 11) is 0. The maximum Gasteiger partial charge on any atom is 0.263 e. The summed E-state index contributed by atoms with van der Waals surface area (Å²) in [5.41, 5.74) is 0.00801. The fraction of sp³-hybridized carbons (Fsp3) is 0.125. The number of alkyl halides is 2. The van der Waals surface area contributed by atoms with Gasteiger partial charge >= 0.3 is 0 Å². The second-order valence-electron chi connectivity index (χ2n) is 2.03. The first-order valence-corrected chi connectivity index (χ1v) is 3.00. The summed E-state index contributed by atoms with van der Waals surface area (Å²) in [6, 6.07) is 5.23. The molecule has 0 amide bonds. The van der Waals surface area contributed by atoms with Crippen molar-refractivity contribution in [2.24, 2.45) is 0 Å². The molecule has 3 heteroatoms. The highest BCUT2D eigenvalue weighted by atomic mass is 19.3. The largest absolute Gasteiger partial charge is 0.285 e. The van der Waals surface area contributed by atoms with E-state index in [4.69, 9.17) is 0 Å². The van der Waals surface area contributed by atoms with Crippen LogP contribution < -0.4 is 0 Å². The molecule has 0 aliphatic carbocycles. The van der Waals surface area contributed by atoms with Gasteiger partial charge < -0.3 is 0 Å². The third-order valence-corrected chi connectivity index (χ3v) is 1.26. The van der Waals surface area contributed by atoms with E-state index in [1.807, 2.05) is 0 Å². The molecule has 1 radical (unpaired) electrons. The number of rotatable bonds is 2. The minimum absolute atomic E-state index is 0.147. The topological polar surface area (TPSA) is 17.1 Å². The molecule has 0 heterocycles. The third kappa shape index (κ3) is 1.83. The van der Waals surface area contributed by atoms with Crippen molar-refractivity contribution in [1.29, 1.82) is 0 Å². The molecular formula is C8H5F2O. The second-order valence-corrected chi connectivity index (χ2v) is 2.03. The molecule has 0 bridgehead atoms. The molecule has 11 heavy (non-hydrogen) atoms. The van der Waals surface area contributed by atoms with E-state index in [-0.39, 0.29) is 11.1 Å². The number of benzene rings is 1. The van der Waals surface area contributed by atoms with Crippen molar-refractivity contribution >= 4 is 6.29 Å². The molecular weight excluding hydrogens is 150 g/mol. The number of hydrogen-bond donors (Lipinski definition) is 0. The van der Waals surface area contributed by atoms with Gasteiger partial charge in [0.15, 0.2) is 0 Å². The lowest BCUT2D eigenvalue weighted by atomic mass is 10.1. The monoisotopic (exact) mass is 155 g/mol. The number of carbonyl (C=O) groups excluding carboxylic acids is 1. The predicted molar refractivity (Wildman–Crippen MR) is 36.2 cm³/mol. The van der Waals surface area contributed by atoms with Crippen LogP contribution in [0.25, 0.3) is 0 Å². The van der Waals surface area contributed by atoms with Gasteiger partial charge in [-0.3, -0.25) is 4.79 Å². The Morgan fingerprint density at radius 1 is 1.36 bits per heavy atom. The Hall–Kier alpha value is -1.25. The zero-order valence-corrected chi connectivity index (χ0v) is 5.55. The van der Waals surface area contributed by atoms with E-state index in [1.54, 1.807) is 0 Å². The van der Waals surface area contributed by atoms with Crippen LogP contribution in [0.5, 0.6) is 0 Å². The van der Waals surface area contributed by atoms with Gasteiger partial charge in [-0.05, 0) is 6.07 Å². The fourth-order valence-electron chi connectivity index (χ4n) is 0.738. The smallest absolute Gasteiger partial charge is 0.263 e. The van der Waals surface area contributed by atoms with Crippen molar-refractivity contribution < 1.29 is 13.6 Å². The highest BCUT2D eigenvalue weighted by Gasteiger charge is 2.06. The van der Waals surface area contributed by atoms with Crippen molar-refractivity contribution in [3.05, 3.63) is 35.4 Å². The highest BCUT2D eigenvalue weighted by molar-refractivity contribution is 5.75. The Morgan fingerprint density at radius 3 is 2.64 bits per heavy atom. The first-order chi connectivity index (χ1) is 5.24. The normalized spacial score (nSPS) is 10.1. The molecule has 57 valence electrons. The molecule has 0 saturated heterocycles. The lowest BCUT2D eigenvalue weighted by molar-refractivity contribution is 0.151. The molecule has 0 atom stereocenters. The summed E-state index contributed by atoms with van der Waals surface area (Å²) in [4.78, 5) is 10.0. The quantitative estimate of drug-likeness (QED) is 0.639. The van der Waals surface area contributed by atoms with Crippen molar-refractivity contribution in [2.45, 2.75) is 6.43 Å². The summed E-state index contributed by atoms with van der Waals surface area (Å²) in [5, 5.41) is 0. The zero-order valence-electron chi connectivity index (χ0n) is 5.55. The van der Waals surface area contributed by atoms with Gasteiger partial charge in [-0.2, -0.15) is 0 Å². The lowest BCUT2D eigenvalue weighted by Gasteiger charge is -1.97. The van der Waals surface area contributed by atoms with E-state index in [1.165, 1.54) is 24.5 Å². The first kappa shape index (κ1) is 7.85. The molecule has 1 nitrogen and oxygen atoms in total. The Balaban J connectivity index is 3.00. The fourth-order valence-corrected chi connectivity index (χ4v) is 0.738. The first-order valence-electron chi connectivity index (χ1n) is 3.00. The summed E-state index contributed by atoms with van der Waals surface area (Å²) < 4.78 is 23.9. The minimum Gasteiger partial charge on any atom is -0.285 e. The highest BCUT2D eigenvalue weighted by Crippen LogP contribution is 2.18. The maximum atomic E-state index is 12.0. The van der Waals surface area contributed by atoms with Gasteiger partial charge in [0.1, 0.15) is 0 Å². The number of hydrogen-bond acceptors (Lipinski definition) is 1. The van der Waals surface area contributed by atoms with Gasteiger partial charge in [-0.25, -0.2) is 8.78 Å². The summed E-state index contributed by atoms with van der Waals surface area (Å²) in [6.45, 7) is 0. The minimum atomic E-state index is -2.52. The SMILES string of the molecule is O=[C]c1cccc(C(F)F)c1. The van der Waals surface area contributed by atoms with Crippen LogP contribution in [-0.4, -0.2) is 6.29 Å². The molecule has 1 aromatic carbocycles. The van der Waals surface area contributed by atoms with Gasteiger partial charge in [0.25, 0.3) is 6.43 Å². The van der Waals surface area contributed by atoms with Crippen molar-refractivity contribution in [1.82, 2.24) is 0 Å². The van der Waals surface area contributed by atoms with Crippen LogP contribution in [0.1, 0.15) is 17.6 Å². The second kappa shape index (κ2) is 3.23. The molecule has 0 saturated carbocycles. The van der Waals surface area contributed by atoms with Crippen LogP contribution in [0, 0.1) is 0 Å². The van der Waals surface area contributed by atoms with Crippen molar-refractivity contribution in [2.75, 3.05) is 0 Å². The predicted octanol–water partition coefficient (Wildman–Crippen LogP) is 2.08. The third-order valence-electron chi connectivity index (χ3n) is 1.26. The van der Waals surface area contributed by atoms with Crippen LogP contribution in [-0.2, 0) is 4.79 Å². The van der Waals surface area contributed by atoms with E-state index in [2.05, 4.69) is 0 Å². The standard InChI is InChI=1S/C8H5F2O/c9-8(10)7-3-1-2-6(4-7)5-11/h1-4,8H. The summed E-state index contributed by atoms with van der Waals surface area (Å²) in [6.07, 6.45) is -0.986. The molecule has 0 aliphatic rings. The molecule has 0 N–H and O–H groups in total.